The predicted octanol–water partition coefficient (Wildman–Crippen LogP) is 9.88. The molecule has 0 N–H and O–H groups in total. The molecule has 1 amide bonds. The first-order chi connectivity index (χ1) is 23.8. The monoisotopic (exact) mass is 723 g/mol. The van der Waals surface area contributed by atoms with Crippen molar-refractivity contribution in [3.05, 3.63) is 87.7 Å². The maximum absolute atomic E-state index is 15.7. The Hall–Kier alpha value is -4.75. The van der Waals surface area contributed by atoms with Gasteiger partial charge in [0.2, 0.25) is 0 Å². The maximum Gasteiger partial charge on any atom is 0.416 e. The van der Waals surface area contributed by atoms with E-state index in [0.29, 0.717) is 42.5 Å². The van der Waals surface area contributed by atoms with Crippen molar-refractivity contribution in [3.63, 3.8) is 0 Å². The average Bonchev–Trinajstić information content (AvgIpc) is 3.34. The van der Waals surface area contributed by atoms with Crippen molar-refractivity contribution in [2.24, 2.45) is 5.41 Å². The molecule has 1 aliphatic carbocycles. The molecule has 1 unspecified atom stereocenters. The van der Waals surface area contributed by atoms with Crippen LogP contribution in [0.25, 0.3) is 16.7 Å². The first-order valence-electron chi connectivity index (χ1n) is 15.9. The van der Waals surface area contributed by atoms with Gasteiger partial charge >= 0.3 is 24.4 Å². The maximum atomic E-state index is 15.7. The highest BCUT2D eigenvalue weighted by molar-refractivity contribution is 5.93. The van der Waals surface area contributed by atoms with Crippen LogP contribution >= 0.6 is 0 Å². The summed E-state index contributed by atoms with van der Waals surface area (Å²) in [6.07, 6.45) is -10.8. The minimum atomic E-state index is -5.07. The Bertz CT molecular complexity index is 1850. The van der Waals surface area contributed by atoms with Gasteiger partial charge in [0, 0.05) is 23.7 Å². The minimum absolute atomic E-state index is 0.0256. The Morgan fingerprint density at radius 1 is 0.902 bits per heavy atom. The molecule has 2 atom stereocenters. The van der Waals surface area contributed by atoms with Crippen molar-refractivity contribution in [1.82, 2.24) is 4.90 Å². The zero-order chi connectivity index (χ0) is 37.6. The van der Waals surface area contributed by atoms with E-state index in [-0.39, 0.29) is 40.7 Å². The number of esters is 1. The zero-order valence-electron chi connectivity index (χ0n) is 28.6. The van der Waals surface area contributed by atoms with Crippen LogP contribution in [0.1, 0.15) is 78.7 Å². The van der Waals surface area contributed by atoms with Crippen molar-refractivity contribution in [3.8, 4) is 22.6 Å². The van der Waals surface area contributed by atoms with Gasteiger partial charge < -0.3 is 18.9 Å². The molecule has 0 aromatic heterocycles. The molecule has 7 nitrogen and oxygen atoms in total. The van der Waals surface area contributed by atoms with Crippen LogP contribution < -0.4 is 9.47 Å². The number of hydrogen-bond donors (Lipinski definition) is 0. The molecule has 1 heterocycles. The van der Waals surface area contributed by atoms with Crippen molar-refractivity contribution < 1.29 is 59.3 Å². The molecule has 3 aromatic rings. The van der Waals surface area contributed by atoms with Gasteiger partial charge in [0.25, 0.3) is 0 Å². The van der Waals surface area contributed by atoms with Gasteiger partial charge in [-0.3, -0.25) is 4.90 Å². The van der Waals surface area contributed by atoms with Gasteiger partial charge in [-0.25, -0.2) is 14.0 Å². The fourth-order valence-corrected chi connectivity index (χ4v) is 6.72. The lowest BCUT2D eigenvalue weighted by Crippen LogP contribution is -2.35. The van der Waals surface area contributed by atoms with Crippen LogP contribution in [0.15, 0.2) is 54.1 Å². The molecule has 0 radical (unpaired) electrons. The van der Waals surface area contributed by atoms with E-state index in [1.165, 1.54) is 51.4 Å². The lowest BCUT2D eigenvalue weighted by atomic mass is 9.72. The molecule has 3 aromatic carbocycles. The zero-order valence-corrected chi connectivity index (χ0v) is 28.6. The van der Waals surface area contributed by atoms with Crippen LogP contribution in [0.5, 0.6) is 11.5 Å². The summed E-state index contributed by atoms with van der Waals surface area (Å²) in [5, 5.41) is 0. The Labute approximate surface area is 289 Å². The number of rotatable bonds is 8. The van der Waals surface area contributed by atoms with E-state index in [4.69, 9.17) is 18.9 Å². The summed E-state index contributed by atoms with van der Waals surface area (Å²) in [5.41, 5.74) is -0.998. The van der Waals surface area contributed by atoms with Gasteiger partial charge in [-0.05, 0) is 90.3 Å². The normalized spacial score (nSPS) is 19.2. The Balaban J connectivity index is 1.57. The van der Waals surface area contributed by atoms with Crippen LogP contribution in [0.4, 0.5) is 35.5 Å². The number of benzene rings is 3. The number of nitrogens with zero attached hydrogens (tertiary/aromatic N) is 1. The summed E-state index contributed by atoms with van der Waals surface area (Å²) in [6, 6.07) is 7.54. The van der Waals surface area contributed by atoms with Crippen molar-refractivity contribution in [2.75, 3.05) is 27.9 Å². The lowest BCUT2D eigenvalue weighted by Gasteiger charge is -2.36. The molecule has 1 fully saturated rings. The van der Waals surface area contributed by atoms with E-state index in [1.807, 2.05) is 13.8 Å². The van der Waals surface area contributed by atoms with Gasteiger partial charge in [0.05, 0.1) is 38.5 Å². The molecule has 0 saturated carbocycles. The molecule has 2 aliphatic rings. The van der Waals surface area contributed by atoms with Crippen LogP contribution in [-0.4, -0.2) is 50.9 Å². The molecule has 1 saturated heterocycles. The Kier molecular flexibility index (Phi) is 10.1. The van der Waals surface area contributed by atoms with Crippen molar-refractivity contribution in [1.29, 1.82) is 0 Å². The number of halogens is 7. The van der Waals surface area contributed by atoms with Crippen molar-refractivity contribution >= 4 is 17.6 Å². The van der Waals surface area contributed by atoms with Gasteiger partial charge in [-0.1, -0.05) is 19.9 Å². The number of carbonyl (C=O) groups is 2. The quantitative estimate of drug-likeness (QED) is 0.170. The number of amides is 1. The summed E-state index contributed by atoms with van der Waals surface area (Å²) in [6.45, 7) is 5.50. The van der Waals surface area contributed by atoms with Gasteiger partial charge in [-0.2, -0.15) is 26.3 Å². The summed E-state index contributed by atoms with van der Waals surface area (Å²) < 4.78 is 119. The van der Waals surface area contributed by atoms with Gasteiger partial charge in [0.15, 0.2) is 0 Å². The largest absolute Gasteiger partial charge is 0.496 e. The molecule has 14 heteroatoms. The van der Waals surface area contributed by atoms with E-state index >= 15 is 4.39 Å². The number of cyclic esters (lactones) is 1. The van der Waals surface area contributed by atoms with E-state index < -0.39 is 59.1 Å². The van der Waals surface area contributed by atoms with Crippen LogP contribution in [0.3, 0.4) is 0 Å². The van der Waals surface area contributed by atoms with E-state index in [9.17, 15) is 35.9 Å². The molecule has 0 spiro atoms. The number of alkyl halides is 6. The second-order valence-electron chi connectivity index (χ2n) is 13.4. The third kappa shape index (κ3) is 7.64. The van der Waals surface area contributed by atoms with Crippen LogP contribution in [0.2, 0.25) is 0 Å². The second kappa shape index (κ2) is 13.8. The third-order valence-electron chi connectivity index (χ3n) is 9.39. The summed E-state index contributed by atoms with van der Waals surface area (Å²) in [4.78, 5) is 26.8. The molecule has 51 heavy (non-hydrogen) atoms. The van der Waals surface area contributed by atoms with E-state index in [1.54, 1.807) is 12.1 Å². The SMILES string of the molecule is COC(=O)c1ccc(-c2cc(C3=C(CN4C(=O)OC(c5cc(C(F)(F)F)cc(C(F)(F)F)c5)[C@@H]4C)CC(C)(C)CC3)c(OC)cc2F)cc1OC. The Morgan fingerprint density at radius 2 is 1.53 bits per heavy atom. The van der Waals surface area contributed by atoms with Gasteiger partial charge in [0.1, 0.15) is 29.0 Å². The summed E-state index contributed by atoms with van der Waals surface area (Å²) in [5.74, 6) is -0.893. The molecule has 0 bridgehead atoms. The fraction of sp³-hybridized carbons (Fsp3) is 0.405. The molecular weight excluding hydrogens is 687 g/mol. The molecule has 5 rings (SSSR count). The van der Waals surface area contributed by atoms with Gasteiger partial charge in [-0.15, -0.1) is 0 Å². The number of carbonyl (C=O) groups excluding carboxylic acids is 2. The number of hydrogen-bond acceptors (Lipinski definition) is 6. The first-order valence-corrected chi connectivity index (χ1v) is 15.9. The number of allylic oxidation sites excluding steroid dienone is 1. The van der Waals surface area contributed by atoms with Crippen LogP contribution in [-0.2, 0) is 21.8 Å². The number of methoxy groups -OCH3 is 3. The topological polar surface area (TPSA) is 74.3 Å². The minimum Gasteiger partial charge on any atom is -0.496 e. The number of ether oxygens (including phenoxy) is 4. The van der Waals surface area contributed by atoms with Crippen molar-refractivity contribution in [2.45, 2.75) is 64.5 Å². The van der Waals surface area contributed by atoms with E-state index in [0.717, 1.165) is 11.1 Å². The smallest absolute Gasteiger partial charge is 0.416 e. The predicted molar refractivity (Wildman–Crippen MR) is 173 cm³/mol. The van der Waals surface area contributed by atoms with Crippen LogP contribution in [0, 0.1) is 11.2 Å². The Morgan fingerprint density at radius 3 is 2.10 bits per heavy atom. The van der Waals surface area contributed by atoms with E-state index in [2.05, 4.69) is 0 Å². The summed E-state index contributed by atoms with van der Waals surface area (Å²) >= 11 is 0. The molecular formula is C37H36F7NO6. The first kappa shape index (κ1) is 37.5. The average molecular weight is 724 g/mol. The highest BCUT2D eigenvalue weighted by Gasteiger charge is 2.44. The standard InChI is InChI=1S/C37H36F7NO6/c1-19-32(21-11-23(36(39,40)41)14-24(12-21)37(42,43)44)51-34(47)45(19)18-22-17-35(2,3)10-9-25(22)28-15-27(29(38)16-31(28)49-5)20-7-8-26(33(46)50-6)30(13-20)48-4/h7-8,11-16,19,32H,9-10,17-18H2,1-6H3/t19-,32?/m0/s1. The molecule has 274 valence electrons. The highest BCUT2D eigenvalue weighted by atomic mass is 19.4. The highest BCUT2D eigenvalue weighted by Crippen LogP contribution is 2.48. The second-order valence-corrected chi connectivity index (χ2v) is 13.4. The lowest BCUT2D eigenvalue weighted by molar-refractivity contribution is -0.143. The molecule has 1 aliphatic heterocycles. The summed E-state index contributed by atoms with van der Waals surface area (Å²) in [7, 11) is 3.97. The fourth-order valence-electron chi connectivity index (χ4n) is 6.72. The third-order valence-corrected chi connectivity index (χ3v) is 9.39.